The Bertz CT molecular complexity index is 355. The van der Waals surface area contributed by atoms with Gasteiger partial charge >= 0.3 is 0 Å². The molecule has 0 bridgehead atoms. The number of hydrogen-bond donors (Lipinski definition) is 0. The number of likely N-dealkylation sites (tertiary alicyclic amines) is 1. The van der Waals surface area contributed by atoms with Gasteiger partial charge in [-0.1, -0.05) is 32.6 Å². The van der Waals surface area contributed by atoms with Crippen LogP contribution in [-0.2, 0) is 0 Å². The van der Waals surface area contributed by atoms with Crippen molar-refractivity contribution in [3.05, 3.63) is 0 Å². The molecule has 1 aliphatic heterocycles. The third-order valence-corrected chi connectivity index (χ3v) is 3.66. The van der Waals surface area contributed by atoms with Gasteiger partial charge in [0, 0.05) is 13.1 Å². The Morgan fingerprint density at radius 2 is 1.89 bits per heavy atom. The van der Waals surface area contributed by atoms with E-state index in [1.165, 1.54) is 19.3 Å². The third-order valence-electron chi connectivity index (χ3n) is 3.66. The summed E-state index contributed by atoms with van der Waals surface area (Å²) in [5, 5.41) is 18.2. The molecule has 0 aromatic rings. The predicted molar refractivity (Wildman–Crippen MR) is 76.3 cm³/mol. The maximum Gasteiger partial charge on any atom is 0.207 e. The molecule has 0 aliphatic carbocycles. The van der Waals surface area contributed by atoms with Crippen molar-refractivity contribution in [1.29, 1.82) is 10.5 Å². The number of nitrogens with zero attached hydrogens (tertiary/aromatic N) is 4. The van der Waals surface area contributed by atoms with Gasteiger partial charge in [-0.25, -0.2) is 0 Å². The number of rotatable bonds is 6. The summed E-state index contributed by atoms with van der Waals surface area (Å²) >= 11 is 0. The molecule has 0 amide bonds. The van der Waals surface area contributed by atoms with E-state index in [0.29, 0.717) is 5.84 Å². The zero-order chi connectivity index (χ0) is 13.9. The Labute approximate surface area is 116 Å². The molecule has 1 heterocycles. The van der Waals surface area contributed by atoms with Gasteiger partial charge in [0.2, 0.25) is 6.19 Å². The van der Waals surface area contributed by atoms with Gasteiger partial charge in [-0.3, -0.25) is 0 Å². The zero-order valence-corrected chi connectivity index (χ0v) is 11.9. The minimum absolute atomic E-state index is 0.213. The molecule has 1 unspecified atom stereocenters. The first-order valence-electron chi connectivity index (χ1n) is 7.44. The molecule has 0 spiro atoms. The van der Waals surface area contributed by atoms with E-state index in [1.807, 2.05) is 6.19 Å². The molecule has 0 N–H and O–H groups in total. The molecule has 19 heavy (non-hydrogen) atoms. The largest absolute Gasteiger partial charge is 0.358 e. The maximum absolute atomic E-state index is 9.34. The maximum atomic E-state index is 9.34. The lowest BCUT2D eigenvalue weighted by Crippen LogP contribution is -2.39. The average molecular weight is 260 g/mol. The van der Waals surface area contributed by atoms with Crippen LogP contribution in [0.1, 0.15) is 58.3 Å². The fourth-order valence-electron chi connectivity index (χ4n) is 2.57. The van der Waals surface area contributed by atoms with Crippen molar-refractivity contribution in [2.45, 2.75) is 58.3 Å². The Hall–Kier alpha value is -1.55. The molecule has 1 atom stereocenters. The summed E-state index contributed by atoms with van der Waals surface area (Å²) in [7, 11) is 0. The third kappa shape index (κ3) is 5.30. The van der Waals surface area contributed by atoms with Crippen molar-refractivity contribution in [3.8, 4) is 12.3 Å². The zero-order valence-electron chi connectivity index (χ0n) is 11.9. The van der Waals surface area contributed by atoms with E-state index >= 15 is 0 Å². The Morgan fingerprint density at radius 3 is 2.47 bits per heavy atom. The van der Waals surface area contributed by atoms with Crippen LogP contribution < -0.4 is 0 Å². The highest BCUT2D eigenvalue weighted by Gasteiger charge is 2.23. The molecule has 1 aliphatic rings. The number of aliphatic imine (C=N–C) groups is 1. The first kappa shape index (κ1) is 15.5. The molecule has 1 saturated heterocycles. The van der Waals surface area contributed by atoms with Crippen LogP contribution in [0, 0.1) is 28.7 Å². The highest BCUT2D eigenvalue weighted by molar-refractivity contribution is 5.87. The SMILES string of the molecule is CCCCCCC(C#N)/C(=N/C#N)N1CCCCC1. The molecule has 1 fully saturated rings. The van der Waals surface area contributed by atoms with E-state index in [4.69, 9.17) is 5.26 Å². The number of unbranched alkanes of at least 4 members (excludes halogenated alkanes) is 3. The lowest BCUT2D eigenvalue weighted by molar-refractivity contribution is 0.329. The molecular formula is C15H24N4. The van der Waals surface area contributed by atoms with Gasteiger partial charge in [-0.2, -0.15) is 15.5 Å². The summed E-state index contributed by atoms with van der Waals surface area (Å²) in [5.74, 6) is 0.496. The second kappa shape index (κ2) is 9.39. The molecule has 4 nitrogen and oxygen atoms in total. The quantitative estimate of drug-likeness (QED) is 0.318. The number of amidine groups is 1. The summed E-state index contributed by atoms with van der Waals surface area (Å²) in [6.45, 7) is 4.05. The second-order valence-corrected chi connectivity index (χ2v) is 5.15. The fourth-order valence-corrected chi connectivity index (χ4v) is 2.57. The lowest BCUT2D eigenvalue weighted by atomic mass is 9.98. The van der Waals surface area contributed by atoms with E-state index in [9.17, 15) is 5.26 Å². The Kier molecular flexibility index (Phi) is 7.66. The summed E-state index contributed by atoms with van der Waals surface area (Å²) in [5.41, 5.74) is 0. The van der Waals surface area contributed by atoms with Crippen molar-refractivity contribution in [2.24, 2.45) is 10.9 Å². The van der Waals surface area contributed by atoms with Crippen molar-refractivity contribution in [1.82, 2.24) is 4.90 Å². The Balaban J connectivity index is 2.59. The minimum Gasteiger partial charge on any atom is -0.358 e. The molecule has 4 heteroatoms. The smallest absolute Gasteiger partial charge is 0.207 e. The van der Waals surface area contributed by atoms with Crippen molar-refractivity contribution >= 4 is 5.84 Å². The standard InChI is InChI=1S/C15H24N4/c1-2-3-4-6-9-14(12-16)15(18-13-17)19-10-7-5-8-11-19/h14H,2-11H2,1H3/b18-15-. The van der Waals surface area contributed by atoms with Crippen LogP contribution in [0.4, 0.5) is 0 Å². The van der Waals surface area contributed by atoms with Crippen molar-refractivity contribution in [2.75, 3.05) is 13.1 Å². The summed E-state index contributed by atoms with van der Waals surface area (Å²) < 4.78 is 0. The molecule has 0 radical (unpaired) electrons. The van der Waals surface area contributed by atoms with Gasteiger partial charge in [0.05, 0.1) is 6.07 Å². The van der Waals surface area contributed by atoms with E-state index in [1.54, 1.807) is 0 Å². The highest BCUT2D eigenvalue weighted by Crippen LogP contribution is 2.18. The molecular weight excluding hydrogens is 236 g/mol. The molecule has 0 aromatic heterocycles. The summed E-state index contributed by atoms with van der Waals surface area (Å²) in [4.78, 5) is 6.08. The van der Waals surface area contributed by atoms with Crippen LogP contribution in [0.25, 0.3) is 0 Å². The second-order valence-electron chi connectivity index (χ2n) is 5.15. The molecule has 104 valence electrons. The first-order chi connectivity index (χ1) is 9.33. The highest BCUT2D eigenvalue weighted by atomic mass is 15.2. The van der Waals surface area contributed by atoms with Crippen LogP contribution in [0.3, 0.4) is 0 Å². The minimum atomic E-state index is -0.213. The lowest BCUT2D eigenvalue weighted by Gasteiger charge is -2.31. The van der Waals surface area contributed by atoms with Crippen molar-refractivity contribution < 1.29 is 0 Å². The van der Waals surface area contributed by atoms with Crippen LogP contribution in [-0.4, -0.2) is 23.8 Å². The number of hydrogen-bond acceptors (Lipinski definition) is 3. The Morgan fingerprint density at radius 1 is 1.16 bits per heavy atom. The van der Waals surface area contributed by atoms with E-state index < -0.39 is 0 Å². The van der Waals surface area contributed by atoms with Crippen LogP contribution in [0.15, 0.2) is 4.99 Å². The van der Waals surface area contributed by atoms with Crippen LogP contribution in [0.5, 0.6) is 0 Å². The van der Waals surface area contributed by atoms with Gasteiger partial charge in [0.25, 0.3) is 0 Å². The fraction of sp³-hybridized carbons (Fsp3) is 0.800. The van der Waals surface area contributed by atoms with Gasteiger partial charge in [0.15, 0.2) is 0 Å². The molecule has 1 rings (SSSR count). The van der Waals surface area contributed by atoms with Gasteiger partial charge in [-0.05, 0) is 25.7 Å². The number of nitriles is 2. The summed E-state index contributed by atoms with van der Waals surface area (Å²) in [6.07, 6.45) is 10.8. The topological polar surface area (TPSA) is 63.2 Å². The molecule has 0 aromatic carbocycles. The predicted octanol–water partition coefficient (Wildman–Crippen LogP) is 3.46. The normalized spacial score (nSPS) is 17.6. The van der Waals surface area contributed by atoms with Crippen LogP contribution >= 0.6 is 0 Å². The summed E-state index contributed by atoms with van der Waals surface area (Å²) in [6, 6.07) is 2.34. The van der Waals surface area contributed by atoms with E-state index in [2.05, 4.69) is 22.9 Å². The van der Waals surface area contributed by atoms with E-state index in [-0.39, 0.29) is 5.92 Å². The van der Waals surface area contributed by atoms with Crippen LogP contribution in [0.2, 0.25) is 0 Å². The average Bonchev–Trinajstić information content (AvgIpc) is 2.47. The molecule has 0 saturated carbocycles. The first-order valence-corrected chi connectivity index (χ1v) is 7.44. The van der Waals surface area contributed by atoms with E-state index in [0.717, 1.165) is 45.2 Å². The van der Waals surface area contributed by atoms with Gasteiger partial charge in [0.1, 0.15) is 11.8 Å². The number of piperidine rings is 1. The van der Waals surface area contributed by atoms with Gasteiger partial charge < -0.3 is 4.90 Å². The van der Waals surface area contributed by atoms with Gasteiger partial charge in [-0.15, -0.1) is 0 Å². The monoisotopic (exact) mass is 260 g/mol. The van der Waals surface area contributed by atoms with Crippen molar-refractivity contribution in [3.63, 3.8) is 0 Å².